The smallest absolute Gasteiger partial charge is 0.0603 e. The van der Waals surface area contributed by atoms with Crippen LogP contribution >= 0.6 is 54.5 Å². The summed E-state index contributed by atoms with van der Waals surface area (Å²) in [7, 11) is 0. The molecule has 2 aromatic rings. The SMILES string of the molecule is Brc1[c]scc1-c1sccc1Br. The molecular weight excluding hydrogens is 320 g/mol. The fourth-order valence-corrected chi connectivity index (χ4v) is 4.07. The van der Waals surface area contributed by atoms with Crippen LogP contribution in [0.1, 0.15) is 0 Å². The number of halogens is 2. The average molecular weight is 323 g/mol. The summed E-state index contributed by atoms with van der Waals surface area (Å²) in [6, 6.07) is 2.06. The molecule has 12 heavy (non-hydrogen) atoms. The topological polar surface area (TPSA) is 0 Å². The van der Waals surface area contributed by atoms with Gasteiger partial charge < -0.3 is 0 Å². The first-order chi connectivity index (χ1) is 5.79. The Morgan fingerprint density at radius 1 is 1.33 bits per heavy atom. The van der Waals surface area contributed by atoms with Crippen molar-refractivity contribution in [3.8, 4) is 10.4 Å². The molecule has 0 bridgehead atoms. The lowest BCUT2D eigenvalue weighted by atomic mass is 10.3. The van der Waals surface area contributed by atoms with Crippen molar-refractivity contribution in [2.75, 3.05) is 0 Å². The van der Waals surface area contributed by atoms with Gasteiger partial charge in [0.15, 0.2) is 0 Å². The Balaban J connectivity index is 2.57. The van der Waals surface area contributed by atoms with Crippen LogP contribution < -0.4 is 0 Å². The van der Waals surface area contributed by atoms with Crippen LogP contribution in [0, 0.1) is 5.38 Å². The van der Waals surface area contributed by atoms with Crippen molar-refractivity contribution in [1.82, 2.24) is 0 Å². The Labute approximate surface area is 95.5 Å². The average Bonchev–Trinajstić information content (AvgIpc) is 2.59. The summed E-state index contributed by atoms with van der Waals surface area (Å²) >= 11 is 10.3. The van der Waals surface area contributed by atoms with E-state index in [0.717, 1.165) is 8.95 Å². The maximum atomic E-state index is 3.50. The van der Waals surface area contributed by atoms with Gasteiger partial charge in [0.05, 0.1) is 10.3 Å². The second kappa shape index (κ2) is 3.62. The fraction of sp³-hybridized carbons (Fsp3) is 0. The lowest BCUT2D eigenvalue weighted by Crippen LogP contribution is -1.67. The van der Waals surface area contributed by atoms with E-state index >= 15 is 0 Å². The second-order valence-electron chi connectivity index (χ2n) is 2.16. The Bertz CT molecular complexity index is 351. The van der Waals surface area contributed by atoms with Gasteiger partial charge in [-0.1, -0.05) is 0 Å². The summed E-state index contributed by atoms with van der Waals surface area (Å²) in [6.07, 6.45) is 0. The first-order valence-electron chi connectivity index (χ1n) is 3.17. The fourth-order valence-electron chi connectivity index (χ4n) is 0.886. The first kappa shape index (κ1) is 8.94. The molecule has 2 rings (SSSR count). The molecule has 0 aromatic carbocycles. The molecule has 1 radical (unpaired) electrons. The summed E-state index contributed by atoms with van der Waals surface area (Å²) in [5.74, 6) is 0. The van der Waals surface area contributed by atoms with Gasteiger partial charge in [-0.25, -0.2) is 0 Å². The third-order valence-corrected chi connectivity index (χ3v) is 4.86. The van der Waals surface area contributed by atoms with Crippen LogP contribution in [0.2, 0.25) is 0 Å². The summed E-state index contributed by atoms with van der Waals surface area (Å²) in [5, 5.41) is 7.30. The molecule has 0 saturated heterocycles. The van der Waals surface area contributed by atoms with Gasteiger partial charge in [0.1, 0.15) is 0 Å². The van der Waals surface area contributed by atoms with Gasteiger partial charge in [-0.3, -0.25) is 0 Å². The molecular formula is C8H3Br2S2. The maximum absolute atomic E-state index is 3.50. The van der Waals surface area contributed by atoms with Crippen LogP contribution in [-0.4, -0.2) is 0 Å². The Morgan fingerprint density at radius 3 is 2.67 bits per heavy atom. The van der Waals surface area contributed by atoms with Gasteiger partial charge in [0.25, 0.3) is 0 Å². The molecule has 0 atom stereocenters. The van der Waals surface area contributed by atoms with Gasteiger partial charge in [-0.15, -0.1) is 22.7 Å². The van der Waals surface area contributed by atoms with E-state index in [1.54, 1.807) is 22.7 Å². The molecule has 0 aliphatic heterocycles. The third kappa shape index (κ3) is 1.53. The molecule has 0 aliphatic carbocycles. The zero-order valence-corrected chi connectivity index (χ0v) is 10.6. The molecule has 0 unspecified atom stereocenters. The molecule has 2 aromatic heterocycles. The molecule has 0 amide bonds. The van der Waals surface area contributed by atoms with Gasteiger partial charge in [0, 0.05) is 19.9 Å². The van der Waals surface area contributed by atoms with E-state index < -0.39 is 0 Å². The van der Waals surface area contributed by atoms with E-state index in [-0.39, 0.29) is 0 Å². The number of thiophene rings is 2. The summed E-state index contributed by atoms with van der Waals surface area (Å²) in [5.41, 5.74) is 1.22. The molecule has 61 valence electrons. The summed E-state index contributed by atoms with van der Waals surface area (Å²) < 4.78 is 2.20. The maximum Gasteiger partial charge on any atom is 0.0603 e. The van der Waals surface area contributed by atoms with Gasteiger partial charge in [0.2, 0.25) is 0 Å². The van der Waals surface area contributed by atoms with Crippen molar-refractivity contribution >= 4 is 54.5 Å². The molecule has 0 aliphatic rings. The standard InChI is InChI=1S/C8H3Br2S2/c9-6-1-2-12-8(6)5-3-11-4-7(5)10/h1-3H. The van der Waals surface area contributed by atoms with Crippen molar-refractivity contribution in [2.45, 2.75) is 0 Å². The van der Waals surface area contributed by atoms with E-state index in [9.17, 15) is 0 Å². The zero-order valence-electron chi connectivity index (χ0n) is 5.80. The highest BCUT2D eigenvalue weighted by molar-refractivity contribution is 9.11. The van der Waals surface area contributed by atoms with Crippen LogP contribution in [0.3, 0.4) is 0 Å². The number of rotatable bonds is 1. The van der Waals surface area contributed by atoms with Gasteiger partial charge >= 0.3 is 0 Å². The Morgan fingerprint density at radius 2 is 2.17 bits per heavy atom. The number of hydrogen-bond donors (Lipinski definition) is 0. The molecule has 4 heteroatoms. The molecule has 0 nitrogen and oxygen atoms in total. The zero-order chi connectivity index (χ0) is 8.55. The van der Waals surface area contributed by atoms with Crippen molar-refractivity contribution in [3.05, 3.63) is 31.2 Å². The lowest BCUT2D eigenvalue weighted by molar-refractivity contribution is 1.77. The highest BCUT2D eigenvalue weighted by Gasteiger charge is 2.08. The lowest BCUT2D eigenvalue weighted by Gasteiger charge is -1.94. The molecule has 0 spiro atoms. The minimum Gasteiger partial charge on any atom is -0.143 e. The van der Waals surface area contributed by atoms with E-state index in [0.29, 0.717) is 0 Å². The van der Waals surface area contributed by atoms with E-state index in [2.05, 4.69) is 54.1 Å². The van der Waals surface area contributed by atoms with Crippen molar-refractivity contribution in [3.63, 3.8) is 0 Å². The Kier molecular flexibility index (Phi) is 2.69. The molecule has 0 saturated carbocycles. The minimum absolute atomic E-state index is 1.05. The predicted molar refractivity (Wildman–Crippen MR) is 61.9 cm³/mol. The van der Waals surface area contributed by atoms with E-state index in [1.807, 2.05) is 0 Å². The van der Waals surface area contributed by atoms with Gasteiger partial charge in [-0.05, 0) is 43.3 Å². The van der Waals surface area contributed by atoms with Gasteiger partial charge in [-0.2, -0.15) is 0 Å². The molecule has 0 N–H and O–H groups in total. The Hall–Kier alpha value is 0.360. The van der Waals surface area contributed by atoms with Crippen LogP contribution in [-0.2, 0) is 0 Å². The van der Waals surface area contributed by atoms with E-state index in [1.165, 1.54) is 10.4 Å². The largest absolute Gasteiger partial charge is 0.143 e. The quantitative estimate of drug-likeness (QED) is 0.707. The first-order valence-corrected chi connectivity index (χ1v) is 6.51. The predicted octanol–water partition coefficient (Wildman–Crippen LogP) is 4.80. The molecule has 2 heterocycles. The molecule has 0 fully saturated rings. The highest BCUT2D eigenvalue weighted by Crippen LogP contribution is 2.39. The number of hydrogen-bond acceptors (Lipinski definition) is 2. The van der Waals surface area contributed by atoms with Crippen LogP contribution in [0.25, 0.3) is 10.4 Å². The van der Waals surface area contributed by atoms with Crippen LogP contribution in [0.5, 0.6) is 0 Å². The van der Waals surface area contributed by atoms with E-state index in [4.69, 9.17) is 0 Å². The van der Waals surface area contributed by atoms with Crippen molar-refractivity contribution in [2.24, 2.45) is 0 Å². The monoisotopic (exact) mass is 321 g/mol. The van der Waals surface area contributed by atoms with Crippen LogP contribution in [0.4, 0.5) is 0 Å². The third-order valence-electron chi connectivity index (χ3n) is 1.42. The van der Waals surface area contributed by atoms with Crippen molar-refractivity contribution < 1.29 is 0 Å². The normalized spacial score (nSPS) is 10.5. The van der Waals surface area contributed by atoms with Crippen molar-refractivity contribution in [1.29, 1.82) is 0 Å². The highest BCUT2D eigenvalue weighted by atomic mass is 79.9. The summed E-state index contributed by atoms with van der Waals surface area (Å²) in [6.45, 7) is 0. The second-order valence-corrected chi connectivity index (χ2v) is 5.40. The summed E-state index contributed by atoms with van der Waals surface area (Å²) in [4.78, 5) is 1.26. The van der Waals surface area contributed by atoms with Crippen LogP contribution in [0.15, 0.2) is 25.8 Å². The minimum atomic E-state index is 1.05.